The number of carbonyl (C=O) groups excluding carboxylic acids is 3. The van der Waals surface area contributed by atoms with Gasteiger partial charge >= 0.3 is 0 Å². The number of fused-ring (bicyclic) bond motifs is 1. The summed E-state index contributed by atoms with van der Waals surface area (Å²) in [5.74, 6) is -1.35. The first kappa shape index (κ1) is 19.4. The van der Waals surface area contributed by atoms with Crippen molar-refractivity contribution in [2.24, 2.45) is 10.3 Å². The van der Waals surface area contributed by atoms with E-state index in [1.165, 1.54) is 11.1 Å². The number of amides is 3. The first-order valence-electron chi connectivity index (χ1n) is 8.72. The summed E-state index contributed by atoms with van der Waals surface area (Å²) in [7, 11) is 0. The van der Waals surface area contributed by atoms with Crippen molar-refractivity contribution in [3.63, 3.8) is 0 Å². The third kappa shape index (κ3) is 3.56. The maximum absolute atomic E-state index is 12.9. The van der Waals surface area contributed by atoms with E-state index in [4.69, 9.17) is 23.2 Å². The number of halogens is 2. The monoisotopic (exact) mass is 431 g/mol. The van der Waals surface area contributed by atoms with Crippen LogP contribution in [0.4, 0.5) is 11.4 Å². The van der Waals surface area contributed by atoms with E-state index in [1.54, 1.807) is 24.3 Å². The number of nitrogens with one attached hydrogen (secondary N) is 1. The molecule has 0 spiro atoms. The van der Waals surface area contributed by atoms with E-state index in [9.17, 15) is 14.4 Å². The standard InChI is InChI=1S/C19H15Cl2N5O3/c1-10-2-5-12(6-3-10)26-18(28)16-17(19(26)29)25(24-23-16)9-15(27)22-11-4-7-13(20)14(21)8-11/h2-8,16-17H,9H2,1H3,(H,22,27)/t16-,17+/m0/s1. The second-order valence-corrected chi connectivity index (χ2v) is 7.53. The molecule has 29 heavy (non-hydrogen) atoms. The van der Waals surface area contributed by atoms with Gasteiger partial charge in [0.25, 0.3) is 11.8 Å². The van der Waals surface area contributed by atoms with Crippen LogP contribution in [0.3, 0.4) is 0 Å². The van der Waals surface area contributed by atoms with E-state index in [0.29, 0.717) is 21.4 Å². The normalized spacial score (nSPS) is 20.4. The maximum atomic E-state index is 12.9. The number of imide groups is 1. The van der Waals surface area contributed by atoms with Crippen LogP contribution >= 0.6 is 23.2 Å². The highest BCUT2D eigenvalue weighted by Gasteiger charge is 2.55. The molecule has 2 aromatic rings. The summed E-state index contributed by atoms with van der Waals surface area (Å²) in [6.45, 7) is 1.67. The molecule has 0 saturated carbocycles. The van der Waals surface area contributed by atoms with E-state index >= 15 is 0 Å². The van der Waals surface area contributed by atoms with Gasteiger partial charge < -0.3 is 5.32 Å². The molecule has 2 aromatic carbocycles. The molecule has 2 aliphatic heterocycles. The van der Waals surface area contributed by atoms with Gasteiger partial charge in [-0.2, -0.15) is 5.11 Å². The van der Waals surface area contributed by atoms with Gasteiger partial charge in [0.15, 0.2) is 12.1 Å². The number of benzene rings is 2. The van der Waals surface area contributed by atoms with Crippen LogP contribution in [0.5, 0.6) is 0 Å². The second-order valence-electron chi connectivity index (χ2n) is 6.72. The van der Waals surface area contributed by atoms with Crippen molar-refractivity contribution in [1.29, 1.82) is 0 Å². The van der Waals surface area contributed by atoms with Crippen molar-refractivity contribution in [1.82, 2.24) is 5.01 Å². The molecule has 10 heteroatoms. The van der Waals surface area contributed by atoms with Crippen molar-refractivity contribution in [2.75, 3.05) is 16.8 Å². The van der Waals surface area contributed by atoms with Crippen LogP contribution in [0.2, 0.25) is 10.0 Å². The number of anilines is 2. The van der Waals surface area contributed by atoms with E-state index in [0.717, 1.165) is 10.5 Å². The molecule has 0 radical (unpaired) electrons. The smallest absolute Gasteiger partial charge is 0.263 e. The number of rotatable bonds is 4. The van der Waals surface area contributed by atoms with E-state index in [1.807, 2.05) is 19.1 Å². The van der Waals surface area contributed by atoms with E-state index in [-0.39, 0.29) is 6.54 Å². The molecule has 0 aromatic heterocycles. The SMILES string of the molecule is Cc1ccc(N2C(=O)[C@H]3N=NN(CC(=O)Nc4ccc(Cl)c(Cl)c4)[C@H]3C2=O)cc1. The highest BCUT2D eigenvalue weighted by atomic mass is 35.5. The minimum absolute atomic E-state index is 0.244. The third-order valence-electron chi connectivity index (χ3n) is 4.66. The lowest BCUT2D eigenvalue weighted by Gasteiger charge is -2.20. The lowest BCUT2D eigenvalue weighted by atomic mass is 10.1. The summed E-state index contributed by atoms with van der Waals surface area (Å²) in [5.41, 5.74) is 1.93. The molecule has 1 N–H and O–H groups in total. The zero-order valence-electron chi connectivity index (χ0n) is 15.2. The Bertz CT molecular complexity index is 1040. The molecular formula is C19H15Cl2N5O3. The number of aryl methyl sites for hydroxylation is 1. The van der Waals surface area contributed by atoms with Crippen molar-refractivity contribution in [3.05, 3.63) is 58.1 Å². The average Bonchev–Trinajstić information content (AvgIpc) is 3.19. The summed E-state index contributed by atoms with van der Waals surface area (Å²) in [5, 5.41) is 12.3. The molecular weight excluding hydrogens is 417 g/mol. The molecule has 2 heterocycles. The minimum atomic E-state index is -0.957. The lowest BCUT2D eigenvalue weighted by molar-refractivity contribution is -0.123. The molecule has 3 amide bonds. The van der Waals surface area contributed by atoms with Crippen LogP contribution in [-0.4, -0.2) is 41.4 Å². The predicted octanol–water partition coefficient (Wildman–Crippen LogP) is 3.23. The summed E-state index contributed by atoms with van der Waals surface area (Å²) in [6.07, 6.45) is 0. The first-order chi connectivity index (χ1) is 13.8. The fourth-order valence-corrected chi connectivity index (χ4v) is 3.52. The highest BCUT2D eigenvalue weighted by molar-refractivity contribution is 6.42. The molecule has 8 nitrogen and oxygen atoms in total. The Hall–Kier alpha value is -2.97. The Balaban J connectivity index is 1.48. The Labute approximate surface area is 176 Å². The van der Waals surface area contributed by atoms with E-state index in [2.05, 4.69) is 15.7 Å². The molecule has 0 aliphatic carbocycles. The van der Waals surface area contributed by atoms with Crippen LogP contribution in [0.15, 0.2) is 52.8 Å². The van der Waals surface area contributed by atoms with Gasteiger partial charge in [0.1, 0.15) is 6.54 Å². The first-order valence-corrected chi connectivity index (χ1v) is 9.47. The van der Waals surface area contributed by atoms with Gasteiger partial charge in [0, 0.05) is 5.69 Å². The number of nitrogens with zero attached hydrogens (tertiary/aromatic N) is 4. The Morgan fingerprint density at radius 1 is 1.07 bits per heavy atom. The molecule has 148 valence electrons. The van der Waals surface area contributed by atoms with Crippen molar-refractivity contribution in [3.8, 4) is 0 Å². The minimum Gasteiger partial charge on any atom is -0.324 e. The van der Waals surface area contributed by atoms with Crippen LogP contribution < -0.4 is 10.2 Å². The number of hydrogen-bond acceptors (Lipinski definition) is 6. The number of carbonyl (C=O) groups is 3. The molecule has 1 fully saturated rings. The van der Waals surface area contributed by atoms with Gasteiger partial charge in [0.05, 0.1) is 15.7 Å². The topological polar surface area (TPSA) is 94.4 Å². The molecule has 2 aliphatic rings. The fraction of sp³-hybridized carbons (Fsp3) is 0.211. The zero-order valence-corrected chi connectivity index (χ0v) is 16.7. The van der Waals surface area contributed by atoms with Gasteiger partial charge in [-0.3, -0.25) is 19.4 Å². The zero-order chi connectivity index (χ0) is 20.7. The van der Waals surface area contributed by atoms with Crippen LogP contribution in [0, 0.1) is 6.92 Å². The van der Waals surface area contributed by atoms with Crippen LogP contribution in [0.1, 0.15) is 5.56 Å². The van der Waals surface area contributed by atoms with Gasteiger partial charge in [-0.15, -0.1) is 0 Å². The predicted molar refractivity (Wildman–Crippen MR) is 108 cm³/mol. The van der Waals surface area contributed by atoms with Crippen LogP contribution in [0.25, 0.3) is 0 Å². The average molecular weight is 432 g/mol. The van der Waals surface area contributed by atoms with Gasteiger partial charge in [0.2, 0.25) is 5.91 Å². The quantitative estimate of drug-likeness (QED) is 0.751. The molecule has 4 rings (SSSR count). The second kappa shape index (κ2) is 7.46. The molecule has 2 atom stereocenters. The molecule has 0 unspecified atom stereocenters. The summed E-state index contributed by atoms with van der Waals surface area (Å²) in [4.78, 5) is 39.1. The summed E-state index contributed by atoms with van der Waals surface area (Å²) in [6, 6.07) is 9.80. The Morgan fingerprint density at radius 3 is 2.48 bits per heavy atom. The van der Waals surface area contributed by atoms with E-state index < -0.39 is 29.8 Å². The summed E-state index contributed by atoms with van der Waals surface area (Å²) >= 11 is 11.8. The third-order valence-corrected chi connectivity index (χ3v) is 5.40. The summed E-state index contributed by atoms with van der Waals surface area (Å²) < 4.78 is 0. The fourth-order valence-electron chi connectivity index (χ4n) is 3.22. The Morgan fingerprint density at radius 2 is 1.79 bits per heavy atom. The van der Waals surface area contributed by atoms with Crippen molar-refractivity contribution in [2.45, 2.75) is 19.0 Å². The highest BCUT2D eigenvalue weighted by Crippen LogP contribution is 2.32. The molecule has 0 bridgehead atoms. The van der Waals surface area contributed by atoms with Crippen LogP contribution in [-0.2, 0) is 14.4 Å². The van der Waals surface area contributed by atoms with Gasteiger partial charge in [-0.25, -0.2) is 4.90 Å². The Kier molecular flexibility index (Phi) is 4.97. The lowest BCUT2D eigenvalue weighted by Crippen LogP contribution is -2.43. The largest absolute Gasteiger partial charge is 0.324 e. The maximum Gasteiger partial charge on any atom is 0.263 e. The van der Waals surface area contributed by atoms with Crippen molar-refractivity contribution < 1.29 is 14.4 Å². The molecule has 1 saturated heterocycles. The van der Waals surface area contributed by atoms with Crippen molar-refractivity contribution >= 4 is 52.3 Å². The van der Waals surface area contributed by atoms with Gasteiger partial charge in [-0.05, 0) is 37.3 Å². The van der Waals surface area contributed by atoms with Gasteiger partial charge in [-0.1, -0.05) is 46.1 Å². The number of hydrogen-bond donors (Lipinski definition) is 1.